The van der Waals surface area contributed by atoms with Gasteiger partial charge in [-0.05, 0) is 12.1 Å². The van der Waals surface area contributed by atoms with E-state index in [9.17, 15) is 13.2 Å². The Kier molecular flexibility index (Phi) is 6.53. The van der Waals surface area contributed by atoms with Gasteiger partial charge in [-0.25, -0.2) is 13.1 Å². The second-order valence-corrected chi connectivity index (χ2v) is 6.44. The van der Waals surface area contributed by atoms with E-state index in [-0.39, 0.29) is 30.6 Å². The molecule has 0 atom stereocenters. The van der Waals surface area contributed by atoms with Crippen molar-refractivity contribution in [2.24, 2.45) is 5.73 Å². The van der Waals surface area contributed by atoms with Crippen LogP contribution in [0.15, 0.2) is 24.3 Å². The minimum Gasteiger partial charge on any atom is -0.483 e. The van der Waals surface area contributed by atoms with Crippen LogP contribution in [0.3, 0.4) is 0 Å². The summed E-state index contributed by atoms with van der Waals surface area (Å²) in [6.07, 6.45) is 1.05. The van der Waals surface area contributed by atoms with Crippen molar-refractivity contribution in [1.82, 2.24) is 10.0 Å². The van der Waals surface area contributed by atoms with E-state index in [0.29, 0.717) is 11.3 Å². The van der Waals surface area contributed by atoms with Gasteiger partial charge in [0.15, 0.2) is 6.61 Å². The lowest BCUT2D eigenvalue weighted by atomic mass is 10.2. The molecular formula is C12H17N3O4S2. The molecule has 0 radical (unpaired) electrons. The molecule has 9 heteroatoms. The van der Waals surface area contributed by atoms with Crippen LogP contribution in [0.25, 0.3) is 0 Å². The Morgan fingerprint density at radius 2 is 2.00 bits per heavy atom. The Balaban J connectivity index is 2.38. The predicted molar refractivity (Wildman–Crippen MR) is 83.7 cm³/mol. The number of carbonyl (C=O) groups excluding carboxylic acids is 1. The third kappa shape index (κ3) is 7.02. The molecule has 0 fully saturated rings. The second-order valence-electron chi connectivity index (χ2n) is 4.17. The van der Waals surface area contributed by atoms with E-state index < -0.39 is 10.0 Å². The fourth-order valence-electron chi connectivity index (χ4n) is 1.43. The zero-order valence-electron chi connectivity index (χ0n) is 11.5. The normalized spacial score (nSPS) is 10.9. The summed E-state index contributed by atoms with van der Waals surface area (Å²) in [5.41, 5.74) is 6.10. The number of amides is 1. The van der Waals surface area contributed by atoms with Crippen molar-refractivity contribution in [1.29, 1.82) is 0 Å². The van der Waals surface area contributed by atoms with E-state index in [4.69, 9.17) is 22.7 Å². The number of hydrogen-bond donors (Lipinski definition) is 3. The summed E-state index contributed by atoms with van der Waals surface area (Å²) < 4.78 is 29.2. The van der Waals surface area contributed by atoms with Gasteiger partial charge in [0.05, 0.1) is 11.8 Å². The highest BCUT2D eigenvalue weighted by atomic mass is 32.2. The third-order valence-corrected chi connectivity index (χ3v) is 3.27. The topological polar surface area (TPSA) is 111 Å². The maximum Gasteiger partial charge on any atom is 0.257 e. The minimum absolute atomic E-state index is 0.119. The molecule has 1 aromatic rings. The molecule has 1 rings (SSSR count). The van der Waals surface area contributed by atoms with Crippen LogP contribution >= 0.6 is 12.2 Å². The summed E-state index contributed by atoms with van der Waals surface area (Å²) in [5.74, 6) is 0.0532. The quantitative estimate of drug-likeness (QED) is 0.432. The van der Waals surface area contributed by atoms with Crippen LogP contribution in [0.2, 0.25) is 0 Å². The third-order valence-electron chi connectivity index (χ3n) is 2.32. The Labute approximate surface area is 128 Å². The number of benzene rings is 1. The van der Waals surface area contributed by atoms with Crippen LogP contribution in [0.4, 0.5) is 0 Å². The van der Waals surface area contributed by atoms with E-state index in [1.54, 1.807) is 24.3 Å². The van der Waals surface area contributed by atoms with Crippen molar-refractivity contribution < 1.29 is 17.9 Å². The first-order valence-electron chi connectivity index (χ1n) is 6.02. The molecule has 0 heterocycles. The van der Waals surface area contributed by atoms with Gasteiger partial charge in [0, 0.05) is 13.1 Å². The van der Waals surface area contributed by atoms with Gasteiger partial charge in [-0.15, -0.1) is 0 Å². The van der Waals surface area contributed by atoms with Crippen molar-refractivity contribution in [2.75, 3.05) is 26.0 Å². The summed E-state index contributed by atoms with van der Waals surface area (Å²) in [5, 5.41) is 2.52. The second kappa shape index (κ2) is 7.91. The average Bonchev–Trinajstić information content (AvgIpc) is 2.40. The van der Waals surface area contributed by atoms with Gasteiger partial charge in [-0.1, -0.05) is 24.4 Å². The number of ether oxygens (including phenoxy) is 1. The van der Waals surface area contributed by atoms with Gasteiger partial charge in [-0.2, -0.15) is 0 Å². The number of hydrogen-bond acceptors (Lipinski definition) is 5. The minimum atomic E-state index is -3.25. The molecule has 0 aliphatic carbocycles. The number of nitrogens with two attached hydrogens (primary N) is 1. The van der Waals surface area contributed by atoms with Crippen LogP contribution < -0.4 is 20.5 Å². The number of nitrogens with one attached hydrogen (secondary N) is 2. The van der Waals surface area contributed by atoms with Gasteiger partial charge in [0.25, 0.3) is 5.91 Å². The number of carbonyl (C=O) groups is 1. The summed E-state index contributed by atoms with van der Waals surface area (Å²) in [7, 11) is -3.25. The molecule has 0 bridgehead atoms. The monoisotopic (exact) mass is 331 g/mol. The van der Waals surface area contributed by atoms with Crippen LogP contribution in [-0.2, 0) is 14.8 Å². The lowest BCUT2D eigenvalue weighted by Crippen LogP contribution is -2.36. The first-order valence-corrected chi connectivity index (χ1v) is 8.32. The fraction of sp³-hybridized carbons (Fsp3) is 0.333. The molecule has 4 N–H and O–H groups in total. The smallest absolute Gasteiger partial charge is 0.257 e. The summed E-state index contributed by atoms with van der Waals surface area (Å²) in [6.45, 7) is 0.0821. The Morgan fingerprint density at radius 1 is 1.33 bits per heavy atom. The van der Waals surface area contributed by atoms with E-state index in [1.807, 2.05) is 0 Å². The van der Waals surface area contributed by atoms with Crippen molar-refractivity contribution in [3.05, 3.63) is 29.8 Å². The number of para-hydroxylation sites is 1. The first kappa shape index (κ1) is 17.3. The molecule has 0 saturated heterocycles. The average molecular weight is 331 g/mol. The zero-order chi connectivity index (χ0) is 15.9. The van der Waals surface area contributed by atoms with E-state index in [2.05, 4.69) is 10.0 Å². The fourth-order valence-corrected chi connectivity index (χ4v) is 2.07. The molecule has 0 aromatic heterocycles. The Hall–Kier alpha value is -1.71. The van der Waals surface area contributed by atoms with Crippen LogP contribution in [0.5, 0.6) is 5.75 Å². The van der Waals surface area contributed by atoms with E-state index in [0.717, 1.165) is 6.26 Å². The molecule has 116 valence electrons. The summed E-state index contributed by atoms with van der Waals surface area (Å²) >= 11 is 4.88. The molecule has 0 aliphatic rings. The van der Waals surface area contributed by atoms with Gasteiger partial charge < -0.3 is 15.8 Å². The Morgan fingerprint density at radius 3 is 2.62 bits per heavy atom. The Bertz CT molecular complexity index is 617. The van der Waals surface area contributed by atoms with Crippen LogP contribution in [0, 0.1) is 0 Å². The largest absolute Gasteiger partial charge is 0.483 e. The highest BCUT2D eigenvalue weighted by molar-refractivity contribution is 7.88. The molecule has 1 amide bonds. The number of rotatable bonds is 8. The van der Waals surface area contributed by atoms with Crippen molar-refractivity contribution in [3.63, 3.8) is 0 Å². The molecule has 21 heavy (non-hydrogen) atoms. The highest BCUT2D eigenvalue weighted by Gasteiger charge is 2.08. The molecule has 1 aromatic carbocycles. The summed E-state index contributed by atoms with van der Waals surface area (Å²) in [6, 6.07) is 6.86. The summed E-state index contributed by atoms with van der Waals surface area (Å²) in [4.78, 5) is 11.7. The lowest BCUT2D eigenvalue weighted by molar-refractivity contribution is -0.123. The highest BCUT2D eigenvalue weighted by Crippen LogP contribution is 2.17. The van der Waals surface area contributed by atoms with E-state index in [1.165, 1.54) is 0 Å². The van der Waals surface area contributed by atoms with Crippen molar-refractivity contribution in [2.45, 2.75) is 0 Å². The maximum absolute atomic E-state index is 11.5. The van der Waals surface area contributed by atoms with Crippen molar-refractivity contribution in [3.8, 4) is 5.75 Å². The molecule has 0 unspecified atom stereocenters. The molecule has 0 aliphatic heterocycles. The van der Waals surface area contributed by atoms with Gasteiger partial charge in [-0.3, -0.25) is 4.79 Å². The van der Waals surface area contributed by atoms with Gasteiger partial charge in [0.1, 0.15) is 10.7 Å². The number of sulfonamides is 1. The molecule has 0 saturated carbocycles. The lowest BCUT2D eigenvalue weighted by Gasteiger charge is -2.10. The standard InChI is InChI=1S/C12H17N3O4S2/c1-21(17,18)15-7-6-14-11(16)8-19-10-5-3-2-4-9(10)12(13)20/h2-5,15H,6-8H2,1H3,(H2,13,20)(H,14,16). The molecule has 0 spiro atoms. The predicted octanol–water partition coefficient (Wildman–Crippen LogP) is -0.635. The maximum atomic E-state index is 11.5. The SMILES string of the molecule is CS(=O)(=O)NCCNC(=O)COc1ccccc1C(N)=S. The van der Waals surface area contributed by atoms with Crippen LogP contribution in [-0.4, -0.2) is 45.3 Å². The van der Waals surface area contributed by atoms with E-state index >= 15 is 0 Å². The van der Waals surface area contributed by atoms with Gasteiger partial charge >= 0.3 is 0 Å². The molecular weight excluding hydrogens is 314 g/mol. The van der Waals surface area contributed by atoms with Gasteiger partial charge in [0.2, 0.25) is 10.0 Å². The zero-order valence-corrected chi connectivity index (χ0v) is 13.1. The number of thiocarbonyl (C=S) groups is 1. The van der Waals surface area contributed by atoms with Crippen LogP contribution in [0.1, 0.15) is 5.56 Å². The molecule has 7 nitrogen and oxygen atoms in total. The first-order chi connectivity index (χ1) is 9.79. The van der Waals surface area contributed by atoms with Crippen molar-refractivity contribution >= 4 is 33.1 Å².